The van der Waals surface area contributed by atoms with Gasteiger partial charge in [-0.3, -0.25) is 4.79 Å². The fraction of sp³-hybridized carbons (Fsp3) is 0.480. The fourth-order valence-corrected chi connectivity index (χ4v) is 5.05. The number of hydrogen-bond donors (Lipinski definition) is 3. The summed E-state index contributed by atoms with van der Waals surface area (Å²) in [5, 5.41) is 17.6. The van der Waals surface area contributed by atoms with E-state index < -0.39 is 20.5 Å². The number of hydrogen-bond acceptors (Lipinski definition) is 4. The predicted octanol–water partition coefficient (Wildman–Crippen LogP) is 4.33. The van der Waals surface area contributed by atoms with Gasteiger partial charge in [-0.2, -0.15) is 0 Å². The van der Waals surface area contributed by atoms with Gasteiger partial charge in [-0.25, -0.2) is 0 Å². The van der Waals surface area contributed by atoms with Crippen molar-refractivity contribution < 1.29 is 14.3 Å². The summed E-state index contributed by atoms with van der Waals surface area (Å²) in [5.41, 5.74) is 1.65. The van der Waals surface area contributed by atoms with Gasteiger partial charge < -0.3 is 20.2 Å². The van der Waals surface area contributed by atoms with Crippen LogP contribution in [0.15, 0.2) is 60.7 Å². The summed E-state index contributed by atoms with van der Waals surface area (Å²) in [7, 11) is -1.89. The number of aliphatic hydroxyl groups excluding tert-OH is 1. The average Bonchev–Trinajstić information content (AvgIpc) is 3.20. The molecule has 1 amide bonds. The van der Waals surface area contributed by atoms with E-state index in [2.05, 4.69) is 44.5 Å². The Morgan fingerprint density at radius 2 is 1.61 bits per heavy atom. The Morgan fingerprint density at radius 3 is 2.16 bits per heavy atom. The van der Waals surface area contributed by atoms with Gasteiger partial charge in [0.2, 0.25) is 5.91 Å². The van der Waals surface area contributed by atoms with Gasteiger partial charge in [0.05, 0.1) is 18.2 Å². The number of benzene rings is 2. The topological polar surface area (TPSA) is 70.6 Å². The Hall–Kier alpha value is -1.99. The van der Waals surface area contributed by atoms with Crippen molar-refractivity contribution in [2.45, 2.75) is 69.6 Å². The summed E-state index contributed by atoms with van der Waals surface area (Å²) < 4.78 is 6.50. The molecule has 2 aromatic carbocycles. The van der Waals surface area contributed by atoms with E-state index in [1.165, 1.54) is 0 Å². The van der Waals surface area contributed by atoms with E-state index in [1.54, 1.807) is 0 Å². The van der Waals surface area contributed by atoms with Crippen molar-refractivity contribution in [1.82, 2.24) is 10.6 Å². The monoisotopic (exact) mass is 440 g/mol. The molecule has 1 saturated heterocycles. The van der Waals surface area contributed by atoms with E-state index in [-0.39, 0.29) is 23.1 Å². The Labute approximate surface area is 187 Å². The molecule has 4 atom stereocenters. The lowest BCUT2D eigenvalue weighted by Crippen LogP contribution is -2.44. The molecule has 5 nitrogen and oxygen atoms in total. The lowest BCUT2D eigenvalue weighted by atomic mass is 9.95. The number of nitrogens with one attached hydrogen (secondary N) is 2. The van der Waals surface area contributed by atoms with Crippen molar-refractivity contribution >= 4 is 14.2 Å². The van der Waals surface area contributed by atoms with Crippen LogP contribution in [-0.2, 0) is 9.22 Å². The van der Waals surface area contributed by atoms with Crippen LogP contribution in [0.25, 0.3) is 0 Å². The van der Waals surface area contributed by atoms with E-state index in [4.69, 9.17) is 4.43 Å². The summed E-state index contributed by atoms with van der Waals surface area (Å²) in [4.78, 5) is 13.1. The lowest BCUT2D eigenvalue weighted by molar-refractivity contribution is -0.124. The summed E-state index contributed by atoms with van der Waals surface area (Å²) >= 11 is 0. The summed E-state index contributed by atoms with van der Waals surface area (Å²) in [5.74, 6) is -0.106. The second kappa shape index (κ2) is 9.65. The third-order valence-corrected chi connectivity index (χ3v) is 11.1. The summed E-state index contributed by atoms with van der Waals surface area (Å²) in [6.45, 7) is 11.8. The highest BCUT2D eigenvalue weighted by Gasteiger charge is 2.42. The molecule has 1 heterocycles. The van der Waals surface area contributed by atoms with Crippen LogP contribution in [-0.4, -0.2) is 38.0 Å². The van der Waals surface area contributed by atoms with Gasteiger partial charge in [0.15, 0.2) is 8.32 Å². The maximum atomic E-state index is 13.1. The third-order valence-electron chi connectivity index (χ3n) is 6.59. The van der Waals surface area contributed by atoms with Crippen LogP contribution in [0.2, 0.25) is 18.1 Å². The minimum absolute atomic E-state index is 0.0332. The maximum absolute atomic E-state index is 13.1. The molecule has 4 unspecified atom stereocenters. The molecule has 0 saturated carbocycles. The van der Waals surface area contributed by atoms with Crippen LogP contribution in [0.1, 0.15) is 50.5 Å². The van der Waals surface area contributed by atoms with Gasteiger partial charge in [0, 0.05) is 6.54 Å². The largest absolute Gasteiger partial charge is 0.413 e. The number of carbonyl (C=O) groups is 1. The molecule has 0 spiro atoms. The second-order valence-corrected chi connectivity index (χ2v) is 14.7. The van der Waals surface area contributed by atoms with Crippen LogP contribution in [0.4, 0.5) is 0 Å². The Kier molecular flexibility index (Phi) is 7.37. The minimum atomic E-state index is -1.89. The Bertz CT molecular complexity index is 852. The van der Waals surface area contributed by atoms with E-state index in [0.717, 1.165) is 11.1 Å². The quantitative estimate of drug-likeness (QED) is 0.561. The molecule has 2 aromatic rings. The van der Waals surface area contributed by atoms with Crippen LogP contribution in [0.5, 0.6) is 0 Å². The zero-order valence-electron chi connectivity index (χ0n) is 19.3. The van der Waals surface area contributed by atoms with Crippen molar-refractivity contribution in [3.63, 3.8) is 0 Å². The van der Waals surface area contributed by atoms with Crippen molar-refractivity contribution in [1.29, 1.82) is 0 Å². The molecule has 1 fully saturated rings. The first-order valence-corrected chi connectivity index (χ1v) is 14.0. The molecular formula is C25H36N2O3Si. The SMILES string of the molecule is CC(C)(C)[Si](C)(C)OC1CNC(C(=O)NC(c2ccccc2)C(O)c2ccccc2)C1. The van der Waals surface area contributed by atoms with Gasteiger partial charge in [-0.1, -0.05) is 81.4 Å². The highest BCUT2D eigenvalue weighted by atomic mass is 28.4. The molecule has 0 aliphatic carbocycles. The van der Waals surface area contributed by atoms with Crippen molar-refractivity contribution in [2.75, 3.05) is 6.54 Å². The molecule has 0 radical (unpaired) electrons. The van der Waals surface area contributed by atoms with Gasteiger partial charge in [0.1, 0.15) is 6.10 Å². The van der Waals surface area contributed by atoms with E-state index in [9.17, 15) is 9.90 Å². The van der Waals surface area contributed by atoms with E-state index in [0.29, 0.717) is 13.0 Å². The van der Waals surface area contributed by atoms with Crippen LogP contribution >= 0.6 is 0 Å². The van der Waals surface area contributed by atoms with Gasteiger partial charge >= 0.3 is 0 Å². The molecule has 0 bridgehead atoms. The Balaban J connectivity index is 1.70. The molecule has 1 aliphatic heterocycles. The van der Waals surface area contributed by atoms with E-state index >= 15 is 0 Å². The summed E-state index contributed by atoms with van der Waals surface area (Å²) in [6.07, 6.45) is -0.166. The third kappa shape index (κ3) is 5.83. The smallest absolute Gasteiger partial charge is 0.237 e. The number of rotatable bonds is 7. The highest BCUT2D eigenvalue weighted by Crippen LogP contribution is 2.38. The zero-order chi connectivity index (χ0) is 22.6. The van der Waals surface area contributed by atoms with Gasteiger partial charge in [-0.05, 0) is 35.7 Å². The van der Waals surface area contributed by atoms with Crippen molar-refractivity contribution in [3.05, 3.63) is 71.8 Å². The van der Waals surface area contributed by atoms with Crippen LogP contribution < -0.4 is 10.6 Å². The maximum Gasteiger partial charge on any atom is 0.237 e. The molecule has 31 heavy (non-hydrogen) atoms. The Morgan fingerprint density at radius 1 is 1.06 bits per heavy atom. The molecule has 3 N–H and O–H groups in total. The molecular weight excluding hydrogens is 404 g/mol. The lowest BCUT2D eigenvalue weighted by Gasteiger charge is -2.38. The zero-order valence-corrected chi connectivity index (χ0v) is 20.3. The first kappa shape index (κ1) is 23.7. The normalized spacial score (nSPS) is 21.5. The second-order valence-electron chi connectivity index (χ2n) is 9.95. The van der Waals surface area contributed by atoms with Crippen LogP contribution in [0, 0.1) is 0 Å². The van der Waals surface area contributed by atoms with Crippen molar-refractivity contribution in [2.24, 2.45) is 0 Å². The molecule has 3 rings (SSSR count). The molecule has 0 aromatic heterocycles. The first-order chi connectivity index (χ1) is 14.6. The molecule has 6 heteroatoms. The van der Waals surface area contributed by atoms with Crippen molar-refractivity contribution in [3.8, 4) is 0 Å². The average molecular weight is 441 g/mol. The van der Waals surface area contributed by atoms with Gasteiger partial charge in [0.25, 0.3) is 0 Å². The predicted molar refractivity (Wildman–Crippen MR) is 127 cm³/mol. The first-order valence-electron chi connectivity index (χ1n) is 11.1. The summed E-state index contributed by atoms with van der Waals surface area (Å²) in [6, 6.07) is 18.2. The molecule has 1 aliphatic rings. The number of carbonyl (C=O) groups excluding carboxylic acids is 1. The van der Waals surface area contributed by atoms with E-state index in [1.807, 2.05) is 60.7 Å². The van der Waals surface area contributed by atoms with Crippen LogP contribution in [0.3, 0.4) is 0 Å². The number of aliphatic hydroxyl groups is 1. The number of amides is 1. The minimum Gasteiger partial charge on any atom is -0.413 e. The van der Waals surface area contributed by atoms with Gasteiger partial charge in [-0.15, -0.1) is 0 Å². The fourth-order valence-electron chi connectivity index (χ4n) is 3.69. The standard InChI is InChI=1S/C25H36N2O3Si/c1-25(2,3)31(4,5)30-20-16-21(26-17-20)24(29)27-22(18-12-8-6-9-13-18)23(28)19-14-10-7-11-15-19/h6-15,20-23,26,28H,16-17H2,1-5H3,(H,27,29). The highest BCUT2D eigenvalue weighted by molar-refractivity contribution is 6.74. The molecule has 168 valence electrons.